The lowest BCUT2D eigenvalue weighted by molar-refractivity contribution is -0.385. The van der Waals surface area contributed by atoms with E-state index in [4.69, 9.17) is 21.1 Å². The van der Waals surface area contributed by atoms with Crippen molar-refractivity contribution in [1.82, 2.24) is 10.9 Å². The van der Waals surface area contributed by atoms with E-state index in [-0.39, 0.29) is 16.1 Å². The van der Waals surface area contributed by atoms with Crippen LogP contribution in [0.3, 0.4) is 0 Å². The van der Waals surface area contributed by atoms with Crippen molar-refractivity contribution >= 4 is 29.1 Å². The first-order valence-electron chi connectivity index (χ1n) is 7.13. The van der Waals surface area contributed by atoms with Gasteiger partial charge >= 0.3 is 0 Å². The second-order valence-corrected chi connectivity index (χ2v) is 5.36. The third-order valence-electron chi connectivity index (χ3n) is 3.30. The Bertz CT molecular complexity index is 849. The number of hydrazine groups is 1. The van der Waals surface area contributed by atoms with Gasteiger partial charge < -0.3 is 9.47 Å². The number of carbonyl (C=O) groups excluding carboxylic acids is 2. The molecule has 10 heteroatoms. The van der Waals surface area contributed by atoms with Crippen LogP contribution < -0.4 is 20.3 Å². The zero-order valence-corrected chi connectivity index (χ0v) is 14.5. The number of nitrogens with one attached hydrogen (secondary N) is 2. The van der Waals surface area contributed by atoms with Crippen molar-refractivity contribution in [2.24, 2.45) is 0 Å². The average molecular weight is 380 g/mol. The number of hydrogen-bond acceptors (Lipinski definition) is 6. The molecule has 0 bridgehead atoms. The van der Waals surface area contributed by atoms with Crippen LogP contribution in [-0.4, -0.2) is 31.0 Å². The van der Waals surface area contributed by atoms with Crippen LogP contribution in [0.2, 0.25) is 5.02 Å². The van der Waals surface area contributed by atoms with E-state index < -0.39 is 22.4 Å². The maximum atomic E-state index is 12.2. The van der Waals surface area contributed by atoms with Gasteiger partial charge in [-0.3, -0.25) is 30.6 Å². The number of rotatable bonds is 5. The molecular weight excluding hydrogens is 366 g/mol. The smallest absolute Gasteiger partial charge is 0.282 e. The van der Waals surface area contributed by atoms with E-state index in [2.05, 4.69) is 10.9 Å². The van der Waals surface area contributed by atoms with Crippen LogP contribution in [0.25, 0.3) is 0 Å². The summed E-state index contributed by atoms with van der Waals surface area (Å²) in [5.41, 5.74) is 3.71. The van der Waals surface area contributed by atoms with Gasteiger partial charge in [0.05, 0.1) is 19.1 Å². The van der Waals surface area contributed by atoms with Crippen LogP contribution in [0, 0.1) is 10.1 Å². The van der Waals surface area contributed by atoms with Gasteiger partial charge in [0.1, 0.15) is 17.1 Å². The van der Waals surface area contributed by atoms with E-state index in [1.807, 2.05) is 0 Å². The Labute approximate surface area is 153 Å². The topological polar surface area (TPSA) is 120 Å². The maximum absolute atomic E-state index is 12.2. The molecule has 0 spiro atoms. The molecule has 0 heterocycles. The Kier molecular flexibility index (Phi) is 5.97. The summed E-state index contributed by atoms with van der Waals surface area (Å²) in [6.45, 7) is 0. The number of benzene rings is 2. The molecule has 0 saturated heterocycles. The standard InChI is InChI=1S/C16H14ClN3O6/c1-25-11-5-9(6-12(8-11)26-2)15(21)18-19-16(22)13-7-10(17)3-4-14(13)20(23)24/h3-8H,1-2H3,(H,18,21)(H,19,22). The Hall–Kier alpha value is -3.33. The van der Waals surface area contributed by atoms with Gasteiger partial charge in [0.25, 0.3) is 17.5 Å². The molecule has 26 heavy (non-hydrogen) atoms. The maximum Gasteiger partial charge on any atom is 0.282 e. The SMILES string of the molecule is COc1cc(OC)cc(C(=O)NNC(=O)c2cc(Cl)ccc2[N+](=O)[O-])c1. The minimum atomic E-state index is -0.887. The number of halogens is 1. The highest BCUT2D eigenvalue weighted by molar-refractivity contribution is 6.31. The van der Waals surface area contributed by atoms with E-state index in [0.29, 0.717) is 11.5 Å². The van der Waals surface area contributed by atoms with Gasteiger partial charge in [-0.15, -0.1) is 0 Å². The lowest BCUT2D eigenvalue weighted by atomic mass is 10.1. The number of amides is 2. The molecule has 9 nitrogen and oxygen atoms in total. The summed E-state index contributed by atoms with van der Waals surface area (Å²) in [7, 11) is 2.85. The van der Waals surface area contributed by atoms with Gasteiger partial charge in [0, 0.05) is 22.7 Å². The molecule has 0 aliphatic carbocycles. The number of nitrogens with zero attached hydrogens (tertiary/aromatic N) is 1. The minimum Gasteiger partial charge on any atom is -0.497 e. The van der Waals surface area contributed by atoms with E-state index in [1.165, 1.54) is 32.4 Å². The number of carbonyl (C=O) groups is 2. The molecule has 2 aromatic carbocycles. The van der Waals surface area contributed by atoms with E-state index in [1.54, 1.807) is 6.07 Å². The van der Waals surface area contributed by atoms with Gasteiger partial charge in [0.15, 0.2) is 0 Å². The van der Waals surface area contributed by atoms with Crippen LogP contribution in [-0.2, 0) is 0 Å². The monoisotopic (exact) mass is 379 g/mol. The number of nitro benzene ring substituents is 1. The summed E-state index contributed by atoms with van der Waals surface area (Å²) in [4.78, 5) is 34.7. The fourth-order valence-electron chi connectivity index (χ4n) is 2.04. The molecule has 136 valence electrons. The number of ether oxygens (including phenoxy) is 2. The second-order valence-electron chi connectivity index (χ2n) is 4.93. The molecule has 0 saturated carbocycles. The summed E-state index contributed by atoms with van der Waals surface area (Å²) in [6, 6.07) is 7.97. The van der Waals surface area contributed by atoms with Crippen molar-refractivity contribution in [3.8, 4) is 11.5 Å². The summed E-state index contributed by atoms with van der Waals surface area (Å²) in [6.07, 6.45) is 0. The Morgan fingerprint density at radius 3 is 2.12 bits per heavy atom. The molecule has 0 radical (unpaired) electrons. The zero-order valence-electron chi connectivity index (χ0n) is 13.7. The first kappa shape index (κ1) is 19.0. The van der Waals surface area contributed by atoms with E-state index in [9.17, 15) is 19.7 Å². The van der Waals surface area contributed by atoms with Crippen LogP contribution in [0.4, 0.5) is 5.69 Å². The fraction of sp³-hybridized carbons (Fsp3) is 0.125. The number of methoxy groups -OCH3 is 2. The largest absolute Gasteiger partial charge is 0.497 e. The van der Waals surface area contributed by atoms with Crippen molar-refractivity contribution < 1.29 is 24.0 Å². The van der Waals surface area contributed by atoms with Gasteiger partial charge in [-0.1, -0.05) is 11.6 Å². The van der Waals surface area contributed by atoms with Crippen LogP contribution >= 0.6 is 11.6 Å². The Morgan fingerprint density at radius 2 is 1.58 bits per heavy atom. The van der Waals surface area contributed by atoms with Crippen molar-refractivity contribution in [3.63, 3.8) is 0 Å². The minimum absolute atomic E-state index is 0.143. The molecule has 0 atom stereocenters. The first-order valence-corrected chi connectivity index (χ1v) is 7.51. The van der Waals surface area contributed by atoms with Crippen molar-refractivity contribution in [3.05, 3.63) is 62.7 Å². The van der Waals surface area contributed by atoms with Gasteiger partial charge in [-0.25, -0.2) is 0 Å². The molecule has 0 aromatic heterocycles. The second kappa shape index (κ2) is 8.17. The van der Waals surface area contributed by atoms with Gasteiger partial charge in [-0.2, -0.15) is 0 Å². The molecule has 0 aliphatic heterocycles. The summed E-state index contributed by atoms with van der Waals surface area (Å²) >= 11 is 5.77. The predicted octanol–water partition coefficient (Wildman–Crippen LogP) is 2.34. The quantitative estimate of drug-likeness (QED) is 0.607. The third kappa shape index (κ3) is 4.39. The van der Waals surface area contributed by atoms with Crippen LogP contribution in [0.5, 0.6) is 11.5 Å². The molecule has 2 rings (SSSR count). The summed E-state index contributed by atoms with van der Waals surface area (Å²) < 4.78 is 10.1. The Balaban J connectivity index is 2.16. The molecule has 0 fully saturated rings. The predicted molar refractivity (Wildman–Crippen MR) is 92.6 cm³/mol. The lowest BCUT2D eigenvalue weighted by Gasteiger charge is -2.10. The number of hydrogen-bond donors (Lipinski definition) is 2. The Morgan fingerprint density at radius 1 is 1.00 bits per heavy atom. The summed E-state index contributed by atoms with van der Waals surface area (Å²) in [5.74, 6) is -0.791. The van der Waals surface area contributed by atoms with Crippen molar-refractivity contribution in [2.45, 2.75) is 0 Å². The van der Waals surface area contributed by atoms with Gasteiger partial charge in [-0.05, 0) is 24.3 Å². The van der Waals surface area contributed by atoms with E-state index >= 15 is 0 Å². The molecule has 0 aliphatic rings. The van der Waals surface area contributed by atoms with Crippen molar-refractivity contribution in [1.29, 1.82) is 0 Å². The average Bonchev–Trinajstić information content (AvgIpc) is 2.64. The summed E-state index contributed by atoms with van der Waals surface area (Å²) in [5, 5.41) is 11.1. The van der Waals surface area contributed by atoms with Crippen LogP contribution in [0.1, 0.15) is 20.7 Å². The van der Waals surface area contributed by atoms with Crippen LogP contribution in [0.15, 0.2) is 36.4 Å². The van der Waals surface area contributed by atoms with E-state index in [0.717, 1.165) is 12.1 Å². The molecule has 2 aromatic rings. The zero-order chi connectivity index (χ0) is 19.3. The van der Waals surface area contributed by atoms with Crippen molar-refractivity contribution in [2.75, 3.05) is 14.2 Å². The highest BCUT2D eigenvalue weighted by atomic mass is 35.5. The highest BCUT2D eigenvalue weighted by Crippen LogP contribution is 2.23. The normalized spacial score (nSPS) is 9.96. The molecule has 0 unspecified atom stereocenters. The molecular formula is C16H14ClN3O6. The fourth-order valence-corrected chi connectivity index (χ4v) is 2.21. The molecule has 2 N–H and O–H groups in total. The number of nitro groups is 1. The highest BCUT2D eigenvalue weighted by Gasteiger charge is 2.21. The lowest BCUT2D eigenvalue weighted by Crippen LogP contribution is -2.41. The third-order valence-corrected chi connectivity index (χ3v) is 3.54. The van der Waals surface area contributed by atoms with Gasteiger partial charge in [0.2, 0.25) is 0 Å². The molecule has 2 amide bonds. The first-order chi connectivity index (χ1) is 12.3.